The fourth-order valence-corrected chi connectivity index (χ4v) is 2.54. The second-order valence-electron chi connectivity index (χ2n) is 5.49. The van der Waals surface area contributed by atoms with E-state index in [1.165, 1.54) is 15.6 Å². The van der Waals surface area contributed by atoms with Crippen LogP contribution in [0.4, 0.5) is 0 Å². The van der Waals surface area contributed by atoms with E-state index >= 15 is 0 Å². The monoisotopic (exact) mass is 361 g/mol. The number of carbonyl (C=O) groups excluding carboxylic acids is 1. The predicted octanol–water partition coefficient (Wildman–Crippen LogP) is 2.06. The van der Waals surface area contributed by atoms with Gasteiger partial charge in [-0.3, -0.25) is 9.36 Å². The highest BCUT2D eigenvalue weighted by atomic mass is 35.5. The number of nitrogens with zero attached hydrogens (tertiary/aromatic N) is 5. The van der Waals surface area contributed by atoms with Gasteiger partial charge in [0.05, 0.1) is 12.3 Å². The van der Waals surface area contributed by atoms with Crippen molar-refractivity contribution in [1.29, 1.82) is 0 Å². The Labute approximate surface area is 148 Å². The van der Waals surface area contributed by atoms with Crippen LogP contribution in [-0.4, -0.2) is 37.1 Å². The molecule has 8 nitrogen and oxygen atoms in total. The SMILES string of the molecule is CCOC(=O)[C@@H](C)n1cnc2c(nnn2-c2ccc(C)c(Cl)c2)c1=O. The summed E-state index contributed by atoms with van der Waals surface area (Å²) in [6.45, 7) is 5.39. The van der Waals surface area contributed by atoms with Crippen LogP contribution in [0.25, 0.3) is 16.9 Å². The van der Waals surface area contributed by atoms with Gasteiger partial charge in [0.1, 0.15) is 12.4 Å². The van der Waals surface area contributed by atoms with Gasteiger partial charge in [-0.05, 0) is 38.5 Å². The highest BCUT2D eigenvalue weighted by molar-refractivity contribution is 6.31. The number of esters is 1. The molecule has 1 aromatic carbocycles. The fourth-order valence-electron chi connectivity index (χ4n) is 2.36. The minimum absolute atomic E-state index is 0.0651. The Bertz CT molecular complexity index is 1010. The zero-order chi connectivity index (χ0) is 18.1. The zero-order valence-corrected chi connectivity index (χ0v) is 14.7. The van der Waals surface area contributed by atoms with E-state index < -0.39 is 17.6 Å². The molecule has 3 rings (SSSR count). The molecule has 0 spiro atoms. The summed E-state index contributed by atoms with van der Waals surface area (Å²) in [6, 6.07) is 4.57. The number of hydrogen-bond acceptors (Lipinski definition) is 6. The lowest BCUT2D eigenvalue weighted by atomic mass is 10.2. The molecule has 0 aliphatic rings. The Kier molecular flexibility index (Phi) is 4.54. The number of halogens is 1. The first kappa shape index (κ1) is 17.1. The number of benzene rings is 1. The molecule has 130 valence electrons. The fraction of sp³-hybridized carbons (Fsp3) is 0.312. The molecule has 3 aromatic rings. The van der Waals surface area contributed by atoms with Crippen molar-refractivity contribution in [2.45, 2.75) is 26.8 Å². The molecular formula is C16H16ClN5O3. The molecule has 0 saturated carbocycles. The highest BCUT2D eigenvalue weighted by Crippen LogP contribution is 2.20. The number of rotatable bonds is 4. The minimum atomic E-state index is -0.802. The molecule has 0 fully saturated rings. The Balaban J connectivity index is 2.09. The normalized spacial score (nSPS) is 12.3. The van der Waals surface area contributed by atoms with Crippen molar-refractivity contribution in [3.63, 3.8) is 0 Å². The quantitative estimate of drug-likeness (QED) is 0.660. The third-order valence-electron chi connectivity index (χ3n) is 3.83. The molecule has 0 radical (unpaired) electrons. The van der Waals surface area contributed by atoms with Crippen molar-refractivity contribution in [3.8, 4) is 5.69 Å². The molecule has 2 aromatic heterocycles. The van der Waals surface area contributed by atoms with Gasteiger partial charge < -0.3 is 4.74 Å². The second-order valence-corrected chi connectivity index (χ2v) is 5.90. The van der Waals surface area contributed by atoms with E-state index in [0.29, 0.717) is 10.7 Å². The van der Waals surface area contributed by atoms with E-state index in [9.17, 15) is 9.59 Å². The second kappa shape index (κ2) is 6.64. The van der Waals surface area contributed by atoms with Crippen molar-refractivity contribution in [3.05, 3.63) is 45.5 Å². The van der Waals surface area contributed by atoms with Crippen LogP contribution >= 0.6 is 11.6 Å². The van der Waals surface area contributed by atoms with Gasteiger partial charge in [-0.25, -0.2) is 9.78 Å². The summed E-state index contributed by atoms with van der Waals surface area (Å²) in [5, 5.41) is 8.49. The smallest absolute Gasteiger partial charge is 0.328 e. The number of fused-ring (bicyclic) bond motifs is 1. The summed E-state index contributed by atoms with van der Waals surface area (Å²) in [7, 11) is 0. The van der Waals surface area contributed by atoms with Crippen LogP contribution in [0.2, 0.25) is 5.02 Å². The first-order valence-electron chi connectivity index (χ1n) is 7.69. The molecule has 2 heterocycles. The largest absolute Gasteiger partial charge is 0.464 e. The Hall–Kier alpha value is -2.74. The maximum atomic E-state index is 12.6. The number of ether oxygens (including phenoxy) is 1. The Morgan fingerprint density at radius 1 is 1.40 bits per heavy atom. The summed E-state index contributed by atoms with van der Waals surface area (Å²) in [4.78, 5) is 28.7. The third kappa shape index (κ3) is 3.00. The lowest BCUT2D eigenvalue weighted by Gasteiger charge is -2.12. The lowest BCUT2D eigenvalue weighted by Crippen LogP contribution is -2.29. The van der Waals surface area contributed by atoms with Crippen LogP contribution < -0.4 is 5.56 Å². The number of hydrogen-bond donors (Lipinski definition) is 0. The van der Waals surface area contributed by atoms with Gasteiger partial charge in [-0.15, -0.1) is 5.10 Å². The Morgan fingerprint density at radius 2 is 2.16 bits per heavy atom. The molecule has 0 bridgehead atoms. The van der Waals surface area contributed by atoms with Crippen LogP contribution in [0.5, 0.6) is 0 Å². The summed E-state index contributed by atoms with van der Waals surface area (Å²) in [5.41, 5.74) is 1.46. The molecule has 0 aliphatic heterocycles. The van der Waals surface area contributed by atoms with Gasteiger partial charge in [0.25, 0.3) is 5.56 Å². The number of aromatic nitrogens is 5. The van der Waals surface area contributed by atoms with Gasteiger partial charge in [0.2, 0.25) is 0 Å². The Morgan fingerprint density at radius 3 is 2.84 bits per heavy atom. The topological polar surface area (TPSA) is 91.9 Å². The van der Waals surface area contributed by atoms with E-state index in [1.54, 1.807) is 19.9 Å². The molecular weight excluding hydrogens is 346 g/mol. The van der Waals surface area contributed by atoms with Gasteiger partial charge in [-0.2, -0.15) is 4.68 Å². The van der Waals surface area contributed by atoms with Gasteiger partial charge >= 0.3 is 5.97 Å². The molecule has 0 aliphatic carbocycles. The van der Waals surface area contributed by atoms with Crippen molar-refractivity contribution in [2.24, 2.45) is 0 Å². The maximum absolute atomic E-state index is 12.6. The summed E-state index contributed by atoms with van der Waals surface area (Å²) in [6.07, 6.45) is 1.29. The summed E-state index contributed by atoms with van der Waals surface area (Å²) >= 11 is 6.15. The van der Waals surface area contributed by atoms with Crippen LogP contribution in [0.15, 0.2) is 29.3 Å². The zero-order valence-electron chi connectivity index (χ0n) is 13.9. The van der Waals surface area contributed by atoms with Gasteiger partial charge in [-0.1, -0.05) is 22.9 Å². The van der Waals surface area contributed by atoms with Gasteiger partial charge in [0.15, 0.2) is 11.2 Å². The van der Waals surface area contributed by atoms with Crippen LogP contribution in [0.1, 0.15) is 25.5 Å². The standard InChI is InChI=1S/C16H16ClN5O3/c1-4-25-16(24)10(3)21-8-18-14-13(15(21)23)19-20-22(14)11-6-5-9(2)12(17)7-11/h5-8,10H,4H2,1-3H3/t10-/m1/s1. The summed E-state index contributed by atoms with van der Waals surface area (Å²) in [5.74, 6) is -0.511. The van der Waals surface area contributed by atoms with E-state index in [1.807, 2.05) is 19.1 Å². The molecule has 25 heavy (non-hydrogen) atoms. The van der Waals surface area contributed by atoms with E-state index in [4.69, 9.17) is 16.3 Å². The van der Waals surface area contributed by atoms with E-state index in [0.717, 1.165) is 5.56 Å². The highest BCUT2D eigenvalue weighted by Gasteiger charge is 2.21. The predicted molar refractivity (Wildman–Crippen MR) is 92.0 cm³/mol. The first-order chi connectivity index (χ1) is 11.9. The molecule has 0 N–H and O–H groups in total. The van der Waals surface area contributed by atoms with Crippen molar-refractivity contribution in [2.75, 3.05) is 6.61 Å². The van der Waals surface area contributed by atoms with Crippen molar-refractivity contribution < 1.29 is 9.53 Å². The molecule has 1 atom stereocenters. The maximum Gasteiger partial charge on any atom is 0.328 e. The molecule has 0 amide bonds. The summed E-state index contributed by atoms with van der Waals surface area (Å²) < 4.78 is 7.56. The average Bonchev–Trinajstić information content (AvgIpc) is 3.02. The number of carbonyl (C=O) groups is 1. The third-order valence-corrected chi connectivity index (χ3v) is 4.24. The lowest BCUT2D eigenvalue weighted by molar-refractivity contribution is -0.146. The average molecular weight is 362 g/mol. The molecule has 0 unspecified atom stereocenters. The molecule has 0 saturated heterocycles. The van der Waals surface area contributed by atoms with Crippen molar-refractivity contribution in [1.82, 2.24) is 24.5 Å². The minimum Gasteiger partial charge on any atom is -0.464 e. The first-order valence-corrected chi connectivity index (χ1v) is 8.07. The van der Waals surface area contributed by atoms with Crippen LogP contribution in [-0.2, 0) is 9.53 Å². The van der Waals surface area contributed by atoms with E-state index in [-0.39, 0.29) is 17.8 Å². The number of aryl methyl sites for hydroxylation is 1. The van der Waals surface area contributed by atoms with Crippen LogP contribution in [0.3, 0.4) is 0 Å². The van der Waals surface area contributed by atoms with Gasteiger partial charge in [0, 0.05) is 5.02 Å². The molecule has 9 heteroatoms. The van der Waals surface area contributed by atoms with Crippen LogP contribution in [0, 0.1) is 6.92 Å². The van der Waals surface area contributed by atoms with Crippen molar-refractivity contribution >= 4 is 28.7 Å². The van der Waals surface area contributed by atoms with E-state index in [2.05, 4.69) is 15.3 Å².